The fraction of sp³-hybridized carbons (Fsp3) is 0.136. The van der Waals surface area contributed by atoms with Gasteiger partial charge in [0.1, 0.15) is 0 Å². The number of rotatable bonds is 4. The lowest BCUT2D eigenvalue weighted by atomic mass is 10.1. The van der Waals surface area contributed by atoms with Gasteiger partial charge in [-0.2, -0.15) is 0 Å². The van der Waals surface area contributed by atoms with Gasteiger partial charge in [-0.25, -0.2) is 0 Å². The number of hydrogen-bond acceptors (Lipinski definition) is 6. The minimum Gasteiger partial charge on any atom is -0.403 e. The summed E-state index contributed by atoms with van der Waals surface area (Å²) >= 11 is 0. The molecule has 0 atom stereocenters. The van der Waals surface area contributed by atoms with Crippen molar-refractivity contribution >= 4 is 11.7 Å². The number of nitrogens with zero attached hydrogens (tertiary/aromatic N) is 4. The van der Waals surface area contributed by atoms with E-state index in [-0.39, 0.29) is 0 Å². The number of anilines is 2. The highest BCUT2D eigenvalue weighted by molar-refractivity contribution is 5.69. The van der Waals surface area contributed by atoms with Crippen LogP contribution in [0.5, 0.6) is 0 Å². The normalized spacial score (nSPS) is 13.5. The van der Waals surface area contributed by atoms with Gasteiger partial charge >= 0.3 is 6.01 Å². The molecule has 2 aromatic carbocycles. The third-order valence-corrected chi connectivity index (χ3v) is 4.87. The van der Waals surface area contributed by atoms with E-state index in [2.05, 4.69) is 44.6 Å². The Morgan fingerprint density at radius 2 is 1.75 bits per heavy atom. The van der Waals surface area contributed by atoms with Gasteiger partial charge in [-0.05, 0) is 54.1 Å². The van der Waals surface area contributed by atoms with Gasteiger partial charge in [0.15, 0.2) is 0 Å². The van der Waals surface area contributed by atoms with E-state index in [0.717, 1.165) is 35.5 Å². The first-order valence-corrected chi connectivity index (χ1v) is 9.16. The smallest absolute Gasteiger partial charge is 0.320 e. The summed E-state index contributed by atoms with van der Waals surface area (Å²) in [6.45, 7) is 1.95. The van der Waals surface area contributed by atoms with Gasteiger partial charge < -0.3 is 9.73 Å². The Balaban J connectivity index is 1.38. The monoisotopic (exact) mass is 369 g/mol. The Morgan fingerprint density at radius 3 is 2.64 bits per heavy atom. The zero-order valence-corrected chi connectivity index (χ0v) is 15.5. The van der Waals surface area contributed by atoms with E-state index in [4.69, 9.17) is 4.42 Å². The molecule has 6 heteroatoms. The van der Waals surface area contributed by atoms with Crippen molar-refractivity contribution in [2.75, 3.05) is 12.4 Å². The number of nitrogens with one attached hydrogen (secondary N) is 1. The summed E-state index contributed by atoms with van der Waals surface area (Å²) in [4.78, 5) is 6.47. The predicted molar refractivity (Wildman–Crippen MR) is 108 cm³/mol. The van der Waals surface area contributed by atoms with Crippen molar-refractivity contribution in [2.45, 2.75) is 13.1 Å². The minimum absolute atomic E-state index is 0.382. The Hall–Kier alpha value is -3.51. The summed E-state index contributed by atoms with van der Waals surface area (Å²) in [6.07, 6.45) is 3.60. The lowest BCUT2D eigenvalue weighted by Crippen LogP contribution is -2.07. The quantitative estimate of drug-likeness (QED) is 0.572. The van der Waals surface area contributed by atoms with Crippen LogP contribution < -0.4 is 5.32 Å². The Morgan fingerprint density at radius 1 is 0.893 bits per heavy atom. The van der Waals surface area contributed by atoms with E-state index in [0.29, 0.717) is 11.9 Å². The summed E-state index contributed by atoms with van der Waals surface area (Å²) in [7, 11) is 2.12. The zero-order chi connectivity index (χ0) is 18.9. The van der Waals surface area contributed by atoms with Crippen molar-refractivity contribution in [2.24, 2.45) is 0 Å². The zero-order valence-electron chi connectivity index (χ0n) is 15.5. The molecule has 1 N–H and O–H groups in total. The molecule has 0 radical (unpaired) electrons. The molecule has 0 fully saturated rings. The maximum Gasteiger partial charge on any atom is 0.320 e. The molecular formula is C22H19N5O. The molecule has 0 saturated heterocycles. The summed E-state index contributed by atoms with van der Waals surface area (Å²) in [6, 6.07) is 18.7. The van der Waals surface area contributed by atoms with Gasteiger partial charge in [0.05, 0.1) is 0 Å². The number of hydrogen-bond donors (Lipinski definition) is 1. The lowest BCUT2D eigenvalue weighted by molar-refractivity contribution is 0.353. The summed E-state index contributed by atoms with van der Waals surface area (Å²) in [5, 5.41) is 11.6. The molecule has 0 spiro atoms. The molecule has 28 heavy (non-hydrogen) atoms. The molecular weight excluding hydrogens is 350 g/mol. The number of aromatic nitrogens is 3. The highest BCUT2D eigenvalue weighted by Gasteiger charge is 2.16. The van der Waals surface area contributed by atoms with Crippen LogP contribution >= 0.6 is 0 Å². The predicted octanol–water partition coefficient (Wildman–Crippen LogP) is 4.49. The summed E-state index contributed by atoms with van der Waals surface area (Å²) in [5.41, 5.74) is 6.63. The first-order chi connectivity index (χ1) is 13.7. The van der Waals surface area contributed by atoms with Crippen molar-refractivity contribution < 1.29 is 4.42 Å². The third kappa shape index (κ3) is 3.25. The number of benzene rings is 2. The lowest BCUT2D eigenvalue weighted by Gasteiger charge is -2.04. The maximum atomic E-state index is 5.85. The summed E-state index contributed by atoms with van der Waals surface area (Å²) in [5.74, 6) is 0.481. The standard InChI is InChI=1S/C22H19N5O/c1-27-13-18-7-8-20(11-19(18)14-27)24-22-26-25-21(28-22)16-5-2-4-15(10-16)17-6-3-9-23-12-17/h2-12H,13-14H2,1H3,(H,24,26). The van der Waals surface area contributed by atoms with Crippen LogP contribution in [0.3, 0.4) is 0 Å². The van der Waals surface area contributed by atoms with Crippen LogP contribution in [0, 0.1) is 0 Å². The highest BCUT2D eigenvalue weighted by Crippen LogP contribution is 2.28. The van der Waals surface area contributed by atoms with E-state index in [1.165, 1.54) is 11.1 Å². The molecule has 2 aromatic heterocycles. The van der Waals surface area contributed by atoms with Crippen molar-refractivity contribution in [1.82, 2.24) is 20.1 Å². The average molecular weight is 369 g/mol. The van der Waals surface area contributed by atoms with Crippen molar-refractivity contribution in [3.05, 3.63) is 78.1 Å². The van der Waals surface area contributed by atoms with Crippen LogP contribution in [0.1, 0.15) is 11.1 Å². The van der Waals surface area contributed by atoms with Crippen LogP contribution in [0.2, 0.25) is 0 Å². The van der Waals surface area contributed by atoms with Crippen molar-refractivity contribution in [3.8, 4) is 22.6 Å². The molecule has 0 saturated carbocycles. The van der Waals surface area contributed by atoms with Gasteiger partial charge in [-0.1, -0.05) is 29.4 Å². The molecule has 0 amide bonds. The second-order valence-electron chi connectivity index (χ2n) is 7.02. The SMILES string of the molecule is CN1Cc2ccc(Nc3nnc(-c4cccc(-c5cccnc5)c4)o3)cc2C1. The van der Waals surface area contributed by atoms with Gasteiger partial charge in [-0.3, -0.25) is 9.88 Å². The van der Waals surface area contributed by atoms with Crippen LogP contribution in [0.15, 0.2) is 71.4 Å². The molecule has 0 aliphatic carbocycles. The molecule has 3 heterocycles. The average Bonchev–Trinajstić information content (AvgIpc) is 3.34. The summed E-state index contributed by atoms with van der Waals surface area (Å²) < 4.78 is 5.85. The fourth-order valence-corrected chi connectivity index (χ4v) is 3.52. The largest absolute Gasteiger partial charge is 0.403 e. The molecule has 4 aromatic rings. The van der Waals surface area contributed by atoms with Crippen molar-refractivity contribution in [3.63, 3.8) is 0 Å². The Labute approximate surface area is 162 Å². The van der Waals surface area contributed by atoms with Crippen LogP contribution in [-0.2, 0) is 13.1 Å². The van der Waals surface area contributed by atoms with Gasteiger partial charge in [0.25, 0.3) is 0 Å². The third-order valence-electron chi connectivity index (χ3n) is 4.87. The van der Waals surface area contributed by atoms with Crippen LogP contribution in [-0.4, -0.2) is 27.1 Å². The van der Waals surface area contributed by atoms with Gasteiger partial charge in [-0.15, -0.1) is 5.10 Å². The van der Waals surface area contributed by atoms with E-state index in [1.807, 2.05) is 48.7 Å². The molecule has 1 aliphatic rings. The minimum atomic E-state index is 0.382. The van der Waals surface area contributed by atoms with Crippen LogP contribution in [0.25, 0.3) is 22.6 Å². The van der Waals surface area contributed by atoms with Crippen LogP contribution in [0.4, 0.5) is 11.7 Å². The van der Waals surface area contributed by atoms with E-state index in [9.17, 15) is 0 Å². The second-order valence-corrected chi connectivity index (χ2v) is 7.02. The van der Waals surface area contributed by atoms with E-state index in [1.54, 1.807) is 6.20 Å². The molecule has 5 rings (SSSR count). The maximum absolute atomic E-state index is 5.85. The van der Waals surface area contributed by atoms with Gasteiger partial charge in [0, 0.05) is 42.3 Å². The Kier molecular flexibility index (Phi) is 4.10. The second kappa shape index (κ2) is 6.90. The first-order valence-electron chi connectivity index (χ1n) is 9.16. The van der Waals surface area contributed by atoms with E-state index < -0.39 is 0 Å². The first kappa shape index (κ1) is 16.6. The fourth-order valence-electron chi connectivity index (χ4n) is 3.52. The molecule has 0 bridgehead atoms. The topological polar surface area (TPSA) is 67.1 Å². The highest BCUT2D eigenvalue weighted by atomic mass is 16.4. The van der Waals surface area contributed by atoms with E-state index >= 15 is 0 Å². The Bertz CT molecular complexity index is 1120. The molecule has 138 valence electrons. The van der Waals surface area contributed by atoms with Gasteiger partial charge in [0.2, 0.25) is 5.89 Å². The molecule has 1 aliphatic heterocycles. The van der Waals surface area contributed by atoms with Crippen molar-refractivity contribution in [1.29, 1.82) is 0 Å². The molecule has 0 unspecified atom stereocenters. The number of fused-ring (bicyclic) bond motifs is 1. The number of pyridine rings is 1. The molecule has 6 nitrogen and oxygen atoms in total.